The van der Waals surface area contributed by atoms with Crippen LogP contribution >= 0.6 is 0 Å². The molecule has 0 aromatic heterocycles. The topological polar surface area (TPSA) is 38.7 Å². The van der Waals surface area contributed by atoms with Gasteiger partial charge in [-0.2, -0.15) is 0 Å². The fraction of sp³-hybridized carbons (Fsp3) is 0.684. The Kier molecular flexibility index (Phi) is 4.51. The Bertz CT molecular complexity index is 550. The molecule has 3 rings (SSSR count). The Morgan fingerprint density at radius 2 is 2.09 bits per heavy atom. The van der Waals surface area contributed by atoms with Crippen LogP contribution in [-0.2, 0) is 15.9 Å². The number of aliphatic hydroxyl groups is 1. The van der Waals surface area contributed by atoms with Crippen molar-refractivity contribution in [3.8, 4) is 0 Å². The molecule has 0 radical (unpaired) electrons. The SMILES string of the molecule is CC(C)(C)OC(O)Cc1cc(F)ccc1C1CCC2(CC2)CO1. The zero-order chi connectivity index (χ0) is 16.7. The number of hydrogen-bond acceptors (Lipinski definition) is 3. The molecule has 0 bridgehead atoms. The van der Waals surface area contributed by atoms with Gasteiger partial charge in [-0.3, -0.25) is 0 Å². The number of hydrogen-bond donors (Lipinski definition) is 1. The summed E-state index contributed by atoms with van der Waals surface area (Å²) >= 11 is 0. The summed E-state index contributed by atoms with van der Waals surface area (Å²) in [7, 11) is 0. The van der Waals surface area contributed by atoms with Crippen LogP contribution in [0.1, 0.15) is 63.7 Å². The maximum Gasteiger partial charge on any atom is 0.159 e. The van der Waals surface area contributed by atoms with Crippen LogP contribution in [0, 0.1) is 11.2 Å². The first-order valence-corrected chi connectivity index (χ1v) is 8.52. The molecule has 1 aromatic rings. The van der Waals surface area contributed by atoms with Gasteiger partial charge in [0.15, 0.2) is 6.29 Å². The van der Waals surface area contributed by atoms with Gasteiger partial charge in [0.1, 0.15) is 5.82 Å². The quantitative estimate of drug-likeness (QED) is 0.847. The van der Waals surface area contributed by atoms with E-state index >= 15 is 0 Å². The molecule has 4 heteroatoms. The molecular formula is C19H27FO3. The molecule has 2 unspecified atom stereocenters. The van der Waals surface area contributed by atoms with Crippen molar-refractivity contribution < 1.29 is 19.0 Å². The fourth-order valence-corrected chi connectivity index (χ4v) is 3.39. The molecule has 1 aliphatic carbocycles. The van der Waals surface area contributed by atoms with E-state index in [4.69, 9.17) is 9.47 Å². The molecule has 0 amide bonds. The smallest absolute Gasteiger partial charge is 0.159 e. The molecule has 128 valence electrons. The van der Waals surface area contributed by atoms with Gasteiger partial charge < -0.3 is 14.6 Å². The van der Waals surface area contributed by atoms with Crippen LogP contribution in [0.15, 0.2) is 18.2 Å². The van der Waals surface area contributed by atoms with Gasteiger partial charge in [0.2, 0.25) is 0 Å². The van der Waals surface area contributed by atoms with E-state index < -0.39 is 11.9 Å². The molecule has 2 fully saturated rings. The van der Waals surface area contributed by atoms with Crippen LogP contribution in [0.4, 0.5) is 4.39 Å². The van der Waals surface area contributed by atoms with Crippen molar-refractivity contribution in [3.05, 3.63) is 35.1 Å². The average molecular weight is 322 g/mol. The van der Waals surface area contributed by atoms with Gasteiger partial charge in [-0.25, -0.2) is 4.39 Å². The zero-order valence-corrected chi connectivity index (χ0v) is 14.3. The highest BCUT2D eigenvalue weighted by atomic mass is 19.1. The molecule has 1 aliphatic heterocycles. The fourth-order valence-electron chi connectivity index (χ4n) is 3.39. The van der Waals surface area contributed by atoms with Crippen molar-refractivity contribution in [2.24, 2.45) is 5.41 Å². The van der Waals surface area contributed by atoms with E-state index in [1.54, 1.807) is 6.07 Å². The van der Waals surface area contributed by atoms with E-state index in [0.29, 0.717) is 5.41 Å². The van der Waals surface area contributed by atoms with Gasteiger partial charge in [-0.1, -0.05) is 6.07 Å². The number of rotatable bonds is 4. The van der Waals surface area contributed by atoms with Crippen LogP contribution in [0.2, 0.25) is 0 Å². The lowest BCUT2D eigenvalue weighted by atomic mass is 9.90. The molecule has 3 nitrogen and oxygen atoms in total. The third-order valence-electron chi connectivity index (χ3n) is 4.82. The van der Waals surface area contributed by atoms with Crippen LogP contribution in [0.25, 0.3) is 0 Å². The third-order valence-corrected chi connectivity index (χ3v) is 4.82. The minimum atomic E-state index is -0.950. The van der Waals surface area contributed by atoms with Crippen molar-refractivity contribution in [2.75, 3.05) is 6.61 Å². The van der Waals surface area contributed by atoms with Crippen molar-refractivity contribution in [1.82, 2.24) is 0 Å². The minimum absolute atomic E-state index is 0.00124. The summed E-state index contributed by atoms with van der Waals surface area (Å²) in [6, 6.07) is 4.76. The molecular weight excluding hydrogens is 295 g/mol. The summed E-state index contributed by atoms with van der Waals surface area (Å²) in [4.78, 5) is 0. The van der Waals surface area contributed by atoms with E-state index in [1.165, 1.54) is 31.4 Å². The van der Waals surface area contributed by atoms with Crippen LogP contribution < -0.4 is 0 Å². The van der Waals surface area contributed by atoms with Crippen LogP contribution in [0.3, 0.4) is 0 Å². The Hall–Kier alpha value is -0.970. The molecule has 1 aromatic carbocycles. The standard InChI is InChI=1S/C19H27FO3/c1-18(2,3)23-17(21)11-13-10-14(20)4-5-15(13)16-6-7-19(8-9-19)12-22-16/h4-5,10,16-17,21H,6-9,11-12H2,1-3H3. The first-order valence-electron chi connectivity index (χ1n) is 8.52. The molecule has 1 N–H and O–H groups in total. The number of benzene rings is 1. The summed E-state index contributed by atoms with van der Waals surface area (Å²) in [5.41, 5.74) is 1.76. The van der Waals surface area contributed by atoms with E-state index in [1.807, 2.05) is 20.8 Å². The van der Waals surface area contributed by atoms with Gasteiger partial charge in [0, 0.05) is 6.42 Å². The minimum Gasteiger partial charge on any atom is -0.373 e. The Balaban J connectivity index is 1.72. The molecule has 2 atom stereocenters. The molecule has 1 heterocycles. The number of ether oxygens (including phenoxy) is 2. The van der Waals surface area contributed by atoms with Gasteiger partial charge in [0.05, 0.1) is 18.3 Å². The van der Waals surface area contributed by atoms with E-state index in [2.05, 4.69) is 0 Å². The van der Waals surface area contributed by atoms with E-state index in [9.17, 15) is 9.50 Å². The number of halogens is 1. The lowest BCUT2D eigenvalue weighted by molar-refractivity contribution is -0.164. The van der Waals surface area contributed by atoms with Crippen molar-refractivity contribution in [3.63, 3.8) is 0 Å². The Labute approximate surface area is 137 Å². The predicted octanol–water partition coefficient (Wildman–Crippen LogP) is 4.13. The first kappa shape index (κ1) is 16.9. The summed E-state index contributed by atoms with van der Waals surface area (Å²) in [6.07, 6.45) is 4.01. The lowest BCUT2D eigenvalue weighted by Gasteiger charge is -2.31. The lowest BCUT2D eigenvalue weighted by Crippen LogP contribution is -2.29. The van der Waals surface area contributed by atoms with Crippen molar-refractivity contribution in [1.29, 1.82) is 0 Å². The summed E-state index contributed by atoms with van der Waals surface area (Å²) in [6.45, 7) is 6.47. The van der Waals surface area contributed by atoms with Crippen molar-refractivity contribution >= 4 is 0 Å². The highest BCUT2D eigenvalue weighted by Gasteiger charge is 2.46. The van der Waals surface area contributed by atoms with Crippen molar-refractivity contribution in [2.45, 2.75) is 70.9 Å². The second-order valence-electron chi connectivity index (χ2n) is 8.07. The van der Waals surface area contributed by atoms with Gasteiger partial charge in [0.25, 0.3) is 0 Å². The predicted molar refractivity (Wildman–Crippen MR) is 86.5 cm³/mol. The third kappa shape index (κ3) is 4.31. The highest BCUT2D eigenvalue weighted by Crippen LogP contribution is 2.54. The second kappa shape index (κ2) is 6.15. The number of aliphatic hydroxyl groups excluding tert-OH is 1. The molecule has 1 saturated heterocycles. The first-order chi connectivity index (χ1) is 10.8. The molecule has 1 saturated carbocycles. The van der Waals surface area contributed by atoms with E-state index in [0.717, 1.165) is 24.2 Å². The van der Waals surface area contributed by atoms with E-state index in [-0.39, 0.29) is 18.3 Å². The van der Waals surface area contributed by atoms with Gasteiger partial charge in [-0.05, 0) is 75.1 Å². The molecule has 2 aliphatic rings. The average Bonchev–Trinajstić information content (AvgIpc) is 3.18. The largest absolute Gasteiger partial charge is 0.373 e. The monoisotopic (exact) mass is 322 g/mol. The molecule has 23 heavy (non-hydrogen) atoms. The Morgan fingerprint density at radius 3 is 2.65 bits per heavy atom. The Morgan fingerprint density at radius 1 is 1.35 bits per heavy atom. The summed E-state index contributed by atoms with van der Waals surface area (Å²) in [5, 5.41) is 10.2. The van der Waals surface area contributed by atoms with Gasteiger partial charge in [-0.15, -0.1) is 0 Å². The maximum atomic E-state index is 13.7. The summed E-state index contributed by atoms with van der Waals surface area (Å²) < 4.78 is 25.3. The summed E-state index contributed by atoms with van der Waals surface area (Å²) in [5.74, 6) is -0.291. The maximum absolute atomic E-state index is 13.7. The zero-order valence-electron chi connectivity index (χ0n) is 14.3. The van der Waals surface area contributed by atoms with Gasteiger partial charge >= 0.3 is 0 Å². The molecule has 1 spiro atoms. The normalized spacial score (nSPS) is 24.7. The second-order valence-corrected chi connectivity index (χ2v) is 8.07. The van der Waals surface area contributed by atoms with Crippen LogP contribution in [-0.4, -0.2) is 23.6 Å². The highest BCUT2D eigenvalue weighted by molar-refractivity contribution is 5.31. The van der Waals surface area contributed by atoms with Crippen LogP contribution in [0.5, 0.6) is 0 Å².